The van der Waals surface area contributed by atoms with Crippen molar-refractivity contribution in [2.24, 2.45) is 0 Å². The highest BCUT2D eigenvalue weighted by Crippen LogP contribution is 2.21. The van der Waals surface area contributed by atoms with E-state index in [1.165, 1.54) is 38.3 Å². The highest BCUT2D eigenvalue weighted by molar-refractivity contribution is 5.95. The lowest BCUT2D eigenvalue weighted by molar-refractivity contribution is -0.141. The van der Waals surface area contributed by atoms with Crippen LogP contribution in [0.25, 0.3) is 0 Å². The standard InChI is InChI=1S/C15H20FNO4/c1-10(13(18)20-5)17(14(19)21-15(2,3)4)12-8-6-11(16)7-9-12/h6-10H,1-5H3/t10-/m0/s1. The molecule has 0 saturated heterocycles. The van der Waals surface area contributed by atoms with Gasteiger partial charge >= 0.3 is 12.1 Å². The van der Waals surface area contributed by atoms with Gasteiger partial charge in [0.25, 0.3) is 0 Å². The molecule has 1 aromatic rings. The van der Waals surface area contributed by atoms with Crippen molar-refractivity contribution in [1.29, 1.82) is 0 Å². The number of hydrogen-bond acceptors (Lipinski definition) is 4. The molecule has 0 fully saturated rings. The molecule has 6 heteroatoms. The van der Waals surface area contributed by atoms with E-state index in [0.717, 1.165) is 4.90 Å². The molecule has 21 heavy (non-hydrogen) atoms. The van der Waals surface area contributed by atoms with E-state index in [1.54, 1.807) is 20.8 Å². The molecule has 0 aromatic heterocycles. The second-order valence-corrected chi connectivity index (χ2v) is 5.53. The van der Waals surface area contributed by atoms with Crippen LogP contribution in [-0.2, 0) is 14.3 Å². The minimum Gasteiger partial charge on any atom is -0.467 e. The molecule has 0 aliphatic carbocycles. The zero-order valence-electron chi connectivity index (χ0n) is 12.8. The average Bonchev–Trinajstić information content (AvgIpc) is 2.38. The van der Waals surface area contributed by atoms with Crippen LogP contribution in [0.4, 0.5) is 14.9 Å². The zero-order valence-corrected chi connectivity index (χ0v) is 12.8. The number of carbonyl (C=O) groups is 2. The third-order valence-corrected chi connectivity index (χ3v) is 2.62. The van der Waals surface area contributed by atoms with E-state index in [0.29, 0.717) is 5.69 Å². The molecule has 5 nitrogen and oxygen atoms in total. The number of rotatable bonds is 3. The monoisotopic (exact) mass is 297 g/mol. The van der Waals surface area contributed by atoms with Crippen LogP contribution in [0.2, 0.25) is 0 Å². The van der Waals surface area contributed by atoms with Crippen LogP contribution in [-0.4, -0.2) is 30.8 Å². The van der Waals surface area contributed by atoms with E-state index < -0.39 is 29.5 Å². The molecule has 0 aliphatic rings. The Hall–Kier alpha value is -2.11. The number of halogens is 1. The lowest BCUT2D eigenvalue weighted by atomic mass is 10.2. The van der Waals surface area contributed by atoms with Gasteiger partial charge < -0.3 is 9.47 Å². The molecule has 0 spiro atoms. The van der Waals surface area contributed by atoms with Crippen molar-refractivity contribution < 1.29 is 23.5 Å². The maximum absolute atomic E-state index is 13.0. The molecule has 0 heterocycles. The van der Waals surface area contributed by atoms with Crippen molar-refractivity contribution in [1.82, 2.24) is 0 Å². The summed E-state index contributed by atoms with van der Waals surface area (Å²) in [7, 11) is 1.23. The molecule has 116 valence electrons. The Bertz CT molecular complexity index is 507. The molecule has 1 amide bonds. The number of nitrogens with zero attached hydrogens (tertiary/aromatic N) is 1. The molecule has 1 aromatic carbocycles. The summed E-state index contributed by atoms with van der Waals surface area (Å²) in [6, 6.07) is 4.32. The molecular weight excluding hydrogens is 277 g/mol. The highest BCUT2D eigenvalue weighted by atomic mass is 19.1. The van der Waals surface area contributed by atoms with Crippen LogP contribution in [0, 0.1) is 5.82 Å². The minimum atomic E-state index is -0.893. The Morgan fingerprint density at radius 2 is 1.71 bits per heavy atom. The van der Waals surface area contributed by atoms with Crippen molar-refractivity contribution in [3.05, 3.63) is 30.1 Å². The summed E-state index contributed by atoms with van der Waals surface area (Å²) in [6.07, 6.45) is -0.702. The average molecular weight is 297 g/mol. The molecule has 0 unspecified atom stereocenters. The van der Waals surface area contributed by atoms with Crippen LogP contribution >= 0.6 is 0 Å². The molecular formula is C15H20FNO4. The fraction of sp³-hybridized carbons (Fsp3) is 0.467. The normalized spacial score (nSPS) is 12.5. The first-order chi connectivity index (χ1) is 9.65. The van der Waals surface area contributed by atoms with E-state index in [1.807, 2.05) is 0 Å². The van der Waals surface area contributed by atoms with Gasteiger partial charge in [-0.25, -0.2) is 14.0 Å². The van der Waals surface area contributed by atoms with E-state index in [9.17, 15) is 14.0 Å². The Morgan fingerprint density at radius 3 is 2.14 bits per heavy atom. The predicted molar refractivity (Wildman–Crippen MR) is 76.6 cm³/mol. The summed E-state index contributed by atoms with van der Waals surface area (Å²) in [5.41, 5.74) is -0.367. The topological polar surface area (TPSA) is 55.8 Å². The van der Waals surface area contributed by atoms with Gasteiger partial charge in [-0.3, -0.25) is 4.90 Å². The number of methoxy groups -OCH3 is 1. The van der Waals surface area contributed by atoms with Crippen molar-refractivity contribution in [3.8, 4) is 0 Å². The largest absolute Gasteiger partial charge is 0.467 e. The van der Waals surface area contributed by atoms with Gasteiger partial charge in [-0.05, 0) is 52.0 Å². The van der Waals surface area contributed by atoms with Gasteiger partial charge in [0, 0.05) is 5.69 Å². The molecule has 0 bridgehead atoms. The second kappa shape index (κ2) is 6.56. The first-order valence-electron chi connectivity index (χ1n) is 6.51. The quantitative estimate of drug-likeness (QED) is 0.804. The second-order valence-electron chi connectivity index (χ2n) is 5.53. The van der Waals surface area contributed by atoms with Crippen molar-refractivity contribution >= 4 is 17.7 Å². The highest BCUT2D eigenvalue weighted by Gasteiger charge is 2.31. The number of benzene rings is 1. The number of hydrogen-bond donors (Lipinski definition) is 0. The van der Waals surface area contributed by atoms with E-state index in [-0.39, 0.29) is 0 Å². The predicted octanol–water partition coefficient (Wildman–Crippen LogP) is 3.13. The van der Waals surface area contributed by atoms with Crippen molar-refractivity contribution in [2.45, 2.75) is 39.3 Å². The Labute approximate surface area is 123 Å². The summed E-state index contributed by atoms with van der Waals surface area (Å²) in [5.74, 6) is -1.03. The summed E-state index contributed by atoms with van der Waals surface area (Å²) in [4.78, 5) is 25.2. The van der Waals surface area contributed by atoms with Gasteiger partial charge in [0.05, 0.1) is 7.11 Å². The third kappa shape index (κ3) is 4.73. The molecule has 0 aliphatic heterocycles. The number of esters is 1. The maximum atomic E-state index is 13.0. The summed E-state index contributed by atoms with van der Waals surface area (Å²) in [6.45, 7) is 6.67. The van der Waals surface area contributed by atoms with Gasteiger partial charge in [-0.2, -0.15) is 0 Å². The Kier molecular flexibility index (Phi) is 5.29. The third-order valence-electron chi connectivity index (χ3n) is 2.62. The molecule has 1 atom stereocenters. The SMILES string of the molecule is COC(=O)[C@H](C)N(C(=O)OC(C)(C)C)c1ccc(F)cc1. The molecule has 0 saturated carbocycles. The molecule has 1 rings (SSSR count). The van der Waals surface area contributed by atoms with E-state index in [2.05, 4.69) is 4.74 Å². The van der Waals surface area contributed by atoms with Gasteiger partial charge in [-0.15, -0.1) is 0 Å². The summed E-state index contributed by atoms with van der Waals surface area (Å²) >= 11 is 0. The van der Waals surface area contributed by atoms with Crippen LogP contribution in [0.1, 0.15) is 27.7 Å². The number of amides is 1. The van der Waals surface area contributed by atoms with Gasteiger partial charge in [0.15, 0.2) is 0 Å². The number of anilines is 1. The smallest absolute Gasteiger partial charge is 0.415 e. The van der Waals surface area contributed by atoms with Gasteiger partial charge in [0.2, 0.25) is 0 Å². The Balaban J connectivity index is 3.13. The summed E-state index contributed by atoms with van der Waals surface area (Å²) < 4.78 is 23.0. The summed E-state index contributed by atoms with van der Waals surface area (Å²) in [5, 5.41) is 0. The fourth-order valence-corrected chi connectivity index (χ4v) is 1.68. The minimum absolute atomic E-state index is 0.351. The molecule has 0 N–H and O–H groups in total. The van der Waals surface area contributed by atoms with Crippen LogP contribution in [0.3, 0.4) is 0 Å². The fourth-order valence-electron chi connectivity index (χ4n) is 1.68. The lowest BCUT2D eigenvalue weighted by Gasteiger charge is -2.30. The van der Waals surface area contributed by atoms with E-state index in [4.69, 9.17) is 4.74 Å². The first kappa shape index (κ1) is 16.9. The van der Waals surface area contributed by atoms with Gasteiger partial charge in [0.1, 0.15) is 17.5 Å². The van der Waals surface area contributed by atoms with Crippen LogP contribution in [0.15, 0.2) is 24.3 Å². The zero-order chi connectivity index (χ0) is 16.2. The van der Waals surface area contributed by atoms with Crippen LogP contribution in [0.5, 0.6) is 0 Å². The van der Waals surface area contributed by atoms with E-state index >= 15 is 0 Å². The lowest BCUT2D eigenvalue weighted by Crippen LogP contribution is -2.46. The molecule has 0 radical (unpaired) electrons. The maximum Gasteiger partial charge on any atom is 0.415 e. The van der Waals surface area contributed by atoms with Gasteiger partial charge in [-0.1, -0.05) is 0 Å². The Morgan fingerprint density at radius 1 is 1.19 bits per heavy atom. The van der Waals surface area contributed by atoms with Crippen LogP contribution < -0.4 is 4.90 Å². The first-order valence-corrected chi connectivity index (χ1v) is 6.51. The van der Waals surface area contributed by atoms with Crippen molar-refractivity contribution in [2.75, 3.05) is 12.0 Å². The van der Waals surface area contributed by atoms with Crippen molar-refractivity contribution in [3.63, 3.8) is 0 Å². The number of carbonyl (C=O) groups excluding carboxylic acids is 2. The number of ether oxygens (including phenoxy) is 2.